The lowest BCUT2D eigenvalue weighted by molar-refractivity contribution is 0.226. The summed E-state index contributed by atoms with van der Waals surface area (Å²) in [5.74, 6) is 0. The van der Waals surface area contributed by atoms with Crippen molar-refractivity contribution in [2.24, 2.45) is 0 Å². The Morgan fingerprint density at radius 1 is 0.806 bits per heavy atom. The van der Waals surface area contributed by atoms with E-state index < -0.39 is 0 Å². The van der Waals surface area contributed by atoms with Crippen molar-refractivity contribution in [3.8, 4) is 0 Å². The molecule has 1 saturated heterocycles. The van der Waals surface area contributed by atoms with Crippen molar-refractivity contribution in [1.82, 2.24) is 10.2 Å². The molecule has 31 heavy (non-hydrogen) atoms. The monoisotopic (exact) mass is 430 g/mol. The van der Waals surface area contributed by atoms with Gasteiger partial charge in [-0.1, -0.05) is 53.0 Å². The van der Waals surface area contributed by atoms with Gasteiger partial charge in [-0.3, -0.25) is 0 Å². The minimum absolute atomic E-state index is 0.151. The van der Waals surface area contributed by atoms with Crippen molar-refractivity contribution >= 4 is 0 Å². The van der Waals surface area contributed by atoms with Gasteiger partial charge in [0.1, 0.15) is 0 Å². The topological polar surface area (TPSA) is 35.5 Å². The highest BCUT2D eigenvalue weighted by Gasteiger charge is 2.08. The van der Waals surface area contributed by atoms with Gasteiger partial charge >= 0.3 is 0 Å². The van der Waals surface area contributed by atoms with Crippen molar-refractivity contribution in [3.05, 3.63) is 46.6 Å². The minimum atomic E-state index is 0.151. The predicted molar refractivity (Wildman–Crippen MR) is 138 cm³/mol. The van der Waals surface area contributed by atoms with Crippen LogP contribution in [0.2, 0.25) is 0 Å². The van der Waals surface area contributed by atoms with Gasteiger partial charge in [0.15, 0.2) is 0 Å². The molecule has 1 rings (SSSR count). The summed E-state index contributed by atoms with van der Waals surface area (Å²) < 4.78 is 0. The number of allylic oxidation sites excluding steroid dienone is 6. The fourth-order valence-electron chi connectivity index (χ4n) is 4.08. The Morgan fingerprint density at radius 3 is 2.13 bits per heavy atom. The molecule has 0 aromatic rings. The quantitative estimate of drug-likeness (QED) is 0.215. The lowest BCUT2D eigenvalue weighted by Crippen LogP contribution is -2.32. The zero-order chi connectivity index (χ0) is 22.7. The van der Waals surface area contributed by atoms with Gasteiger partial charge in [0.25, 0.3) is 0 Å². The van der Waals surface area contributed by atoms with Gasteiger partial charge in [0.05, 0.1) is 6.61 Å². The maximum Gasteiger partial charge on any atom is 0.0614 e. The van der Waals surface area contributed by atoms with E-state index in [9.17, 15) is 0 Å². The van der Waals surface area contributed by atoms with Crippen molar-refractivity contribution in [2.75, 3.05) is 39.3 Å². The highest BCUT2D eigenvalue weighted by Crippen LogP contribution is 2.14. The normalized spacial score (nSPS) is 16.6. The molecule has 0 spiro atoms. The van der Waals surface area contributed by atoms with Crippen LogP contribution in [0.15, 0.2) is 46.6 Å². The van der Waals surface area contributed by atoms with Crippen molar-refractivity contribution in [2.45, 2.75) is 91.9 Å². The zero-order valence-corrected chi connectivity index (χ0v) is 21.0. The third kappa shape index (κ3) is 16.2. The number of hydrogen-bond acceptors (Lipinski definition) is 3. The van der Waals surface area contributed by atoms with Crippen molar-refractivity contribution in [1.29, 1.82) is 0 Å². The molecule has 3 nitrogen and oxygen atoms in total. The molecule has 0 unspecified atom stereocenters. The number of nitrogens with zero attached hydrogens (tertiary/aromatic N) is 1. The molecule has 1 aliphatic heterocycles. The first-order valence-corrected chi connectivity index (χ1v) is 12.7. The van der Waals surface area contributed by atoms with Crippen molar-refractivity contribution < 1.29 is 5.11 Å². The predicted octanol–water partition coefficient (Wildman–Crippen LogP) is 6.57. The zero-order valence-electron chi connectivity index (χ0n) is 21.0. The fourth-order valence-corrected chi connectivity index (χ4v) is 4.08. The third-order valence-electron chi connectivity index (χ3n) is 6.09. The molecule has 1 aliphatic rings. The number of hydrogen-bond donors (Lipinski definition) is 2. The van der Waals surface area contributed by atoms with E-state index in [2.05, 4.69) is 56.1 Å². The first-order chi connectivity index (χ1) is 15.0. The maximum atomic E-state index is 9.05. The number of aliphatic hydroxyl groups excluding tert-OH is 1. The first kappa shape index (κ1) is 27.9. The molecular weight excluding hydrogens is 380 g/mol. The molecule has 0 aromatic heterocycles. The van der Waals surface area contributed by atoms with E-state index in [4.69, 9.17) is 5.11 Å². The Bertz CT molecular complexity index is 576. The molecule has 0 atom stereocenters. The van der Waals surface area contributed by atoms with Gasteiger partial charge in [-0.25, -0.2) is 0 Å². The number of nitrogens with one attached hydrogen (secondary N) is 1. The van der Waals surface area contributed by atoms with Gasteiger partial charge in [-0.2, -0.15) is 0 Å². The average Bonchev–Trinajstić information content (AvgIpc) is 2.73. The second kappa shape index (κ2) is 18.4. The largest absolute Gasteiger partial charge is 0.392 e. The van der Waals surface area contributed by atoms with Crippen LogP contribution in [0.5, 0.6) is 0 Å². The van der Waals surface area contributed by atoms with Gasteiger partial charge in [0, 0.05) is 6.54 Å². The highest BCUT2D eigenvalue weighted by atomic mass is 16.2. The smallest absolute Gasteiger partial charge is 0.0614 e. The van der Waals surface area contributed by atoms with Crippen LogP contribution in [-0.2, 0) is 0 Å². The summed E-state index contributed by atoms with van der Waals surface area (Å²) in [7, 11) is 0. The molecular formula is C28H50N2O. The van der Waals surface area contributed by atoms with E-state index in [0.717, 1.165) is 45.2 Å². The Kier molecular flexibility index (Phi) is 16.6. The van der Waals surface area contributed by atoms with E-state index >= 15 is 0 Å². The van der Waals surface area contributed by atoms with E-state index in [-0.39, 0.29) is 6.61 Å². The maximum absolute atomic E-state index is 9.05. The SMILES string of the molecule is CC(C)=CCCC(C)=CCCC(=CCCC(C)=CCO)CNCCCN1CCCCC1. The molecule has 0 amide bonds. The number of piperidine rings is 1. The standard InChI is InChI=1S/C28H50N2O/c1-25(2)12-8-13-26(3)14-9-16-28(17-10-15-27(4)18-23-31)24-29-19-11-22-30-20-6-5-7-21-30/h12,14,17-18,29,31H,5-11,13,15-16,19-24H2,1-4H3. The number of aliphatic hydroxyl groups is 1. The van der Waals surface area contributed by atoms with Gasteiger partial charge < -0.3 is 15.3 Å². The van der Waals surface area contributed by atoms with Crippen LogP contribution in [0.1, 0.15) is 91.9 Å². The van der Waals surface area contributed by atoms with Crippen LogP contribution in [0.25, 0.3) is 0 Å². The first-order valence-electron chi connectivity index (χ1n) is 12.7. The lowest BCUT2D eigenvalue weighted by atomic mass is 10.0. The van der Waals surface area contributed by atoms with E-state index in [1.54, 1.807) is 0 Å². The summed E-state index contributed by atoms with van der Waals surface area (Å²) >= 11 is 0. The average molecular weight is 431 g/mol. The van der Waals surface area contributed by atoms with Gasteiger partial charge in [0.2, 0.25) is 0 Å². The van der Waals surface area contributed by atoms with Crippen LogP contribution < -0.4 is 5.32 Å². The number of likely N-dealkylation sites (tertiary alicyclic amines) is 1. The summed E-state index contributed by atoms with van der Waals surface area (Å²) in [6.07, 6.45) is 21.2. The molecule has 0 aromatic carbocycles. The number of rotatable bonds is 16. The van der Waals surface area contributed by atoms with Crippen LogP contribution in [0.4, 0.5) is 0 Å². The molecule has 2 N–H and O–H groups in total. The Hall–Kier alpha value is -1.16. The summed E-state index contributed by atoms with van der Waals surface area (Å²) in [6.45, 7) is 14.8. The van der Waals surface area contributed by atoms with Crippen LogP contribution in [0, 0.1) is 0 Å². The lowest BCUT2D eigenvalue weighted by Gasteiger charge is -2.26. The van der Waals surface area contributed by atoms with E-state index in [1.807, 2.05) is 6.08 Å². The molecule has 0 bridgehead atoms. The molecule has 1 fully saturated rings. The van der Waals surface area contributed by atoms with Crippen molar-refractivity contribution in [3.63, 3.8) is 0 Å². The Morgan fingerprint density at radius 2 is 1.45 bits per heavy atom. The summed E-state index contributed by atoms with van der Waals surface area (Å²) in [6, 6.07) is 0. The summed E-state index contributed by atoms with van der Waals surface area (Å²) in [5, 5.41) is 12.7. The van der Waals surface area contributed by atoms with E-state index in [0.29, 0.717) is 0 Å². The van der Waals surface area contributed by atoms with Crippen LogP contribution in [0.3, 0.4) is 0 Å². The second-order valence-corrected chi connectivity index (χ2v) is 9.48. The Balaban J connectivity index is 2.40. The molecule has 3 heteroatoms. The Labute approximate surface area is 193 Å². The van der Waals surface area contributed by atoms with Crippen LogP contribution in [-0.4, -0.2) is 49.3 Å². The van der Waals surface area contributed by atoms with E-state index in [1.165, 1.54) is 74.0 Å². The van der Waals surface area contributed by atoms with Crippen LogP contribution >= 0.6 is 0 Å². The third-order valence-corrected chi connectivity index (χ3v) is 6.09. The van der Waals surface area contributed by atoms with Gasteiger partial charge in [-0.15, -0.1) is 0 Å². The van der Waals surface area contributed by atoms with Gasteiger partial charge in [-0.05, 0) is 112 Å². The highest BCUT2D eigenvalue weighted by molar-refractivity contribution is 5.10. The molecule has 0 aliphatic carbocycles. The molecule has 1 heterocycles. The summed E-state index contributed by atoms with van der Waals surface area (Å²) in [4.78, 5) is 2.63. The molecule has 0 saturated carbocycles. The fraction of sp³-hybridized carbons (Fsp3) is 0.714. The molecule has 0 radical (unpaired) electrons. The molecule has 178 valence electrons. The minimum Gasteiger partial charge on any atom is -0.392 e. The second-order valence-electron chi connectivity index (χ2n) is 9.48. The summed E-state index contributed by atoms with van der Waals surface area (Å²) in [5.41, 5.74) is 5.73.